The molecule has 3 rings (SSSR count). The summed E-state index contributed by atoms with van der Waals surface area (Å²) >= 11 is 0. The van der Waals surface area contributed by atoms with Crippen molar-refractivity contribution in [3.8, 4) is 11.5 Å². The highest BCUT2D eigenvalue weighted by atomic mass is 16.4. The van der Waals surface area contributed by atoms with E-state index in [4.69, 9.17) is 10.2 Å². The molecule has 1 aromatic heterocycles. The van der Waals surface area contributed by atoms with Crippen molar-refractivity contribution in [1.82, 2.24) is 4.98 Å². The number of nitrogens with zero attached hydrogens (tertiary/aromatic N) is 1. The van der Waals surface area contributed by atoms with E-state index < -0.39 is 5.91 Å². The van der Waals surface area contributed by atoms with Crippen molar-refractivity contribution in [2.75, 3.05) is 5.32 Å². The fraction of sp³-hybridized carbons (Fsp3) is 0.190. The highest BCUT2D eigenvalue weighted by molar-refractivity contribution is 5.95. The van der Waals surface area contributed by atoms with Crippen LogP contribution in [0.4, 0.5) is 5.69 Å². The van der Waals surface area contributed by atoms with Gasteiger partial charge in [-0.25, -0.2) is 4.98 Å². The second kappa shape index (κ2) is 7.86. The number of aromatic nitrogens is 1. The minimum absolute atomic E-state index is 0.0972. The molecular weight excluding hydrogens is 342 g/mol. The summed E-state index contributed by atoms with van der Waals surface area (Å²) in [7, 11) is 0. The number of aryl methyl sites for hydroxylation is 2. The molecule has 0 spiro atoms. The maximum absolute atomic E-state index is 12.3. The van der Waals surface area contributed by atoms with Crippen molar-refractivity contribution in [1.29, 1.82) is 0 Å². The minimum atomic E-state index is -0.509. The van der Waals surface area contributed by atoms with Crippen LogP contribution in [0.15, 0.2) is 52.9 Å². The lowest BCUT2D eigenvalue weighted by Gasteiger charge is -2.04. The van der Waals surface area contributed by atoms with Gasteiger partial charge in [0.05, 0.1) is 12.1 Å². The summed E-state index contributed by atoms with van der Waals surface area (Å²) < 4.78 is 5.72. The molecule has 6 heteroatoms. The van der Waals surface area contributed by atoms with Crippen molar-refractivity contribution in [2.24, 2.45) is 5.73 Å². The third kappa shape index (κ3) is 4.41. The number of rotatable bonds is 6. The lowest BCUT2D eigenvalue weighted by Crippen LogP contribution is -2.15. The van der Waals surface area contributed by atoms with E-state index in [9.17, 15) is 9.59 Å². The molecule has 27 heavy (non-hydrogen) atoms. The minimum Gasteiger partial charge on any atom is -0.441 e. The number of amides is 2. The predicted octanol–water partition coefficient (Wildman–Crippen LogP) is 3.49. The molecule has 0 saturated carbocycles. The van der Waals surface area contributed by atoms with Crippen LogP contribution in [-0.4, -0.2) is 16.8 Å². The van der Waals surface area contributed by atoms with Gasteiger partial charge in [-0.05, 0) is 55.3 Å². The molecule has 0 unspecified atom stereocenters. The molecule has 6 nitrogen and oxygen atoms in total. The highest BCUT2D eigenvalue weighted by Gasteiger charge is 2.15. The third-order valence-corrected chi connectivity index (χ3v) is 4.28. The fourth-order valence-electron chi connectivity index (χ4n) is 2.67. The standard InChI is InChI=1S/C21H21N3O3/c1-3-14-4-6-16(7-5-14)21-24-18(13(2)27-21)12-19(25)23-17-10-8-15(9-11-17)20(22)26/h4-11H,3,12H2,1-2H3,(H2,22,26)(H,23,25). The first-order valence-corrected chi connectivity index (χ1v) is 8.71. The monoisotopic (exact) mass is 363 g/mol. The van der Waals surface area contributed by atoms with Gasteiger partial charge < -0.3 is 15.5 Å². The Hall–Kier alpha value is -3.41. The first-order chi connectivity index (χ1) is 13.0. The number of hydrogen-bond acceptors (Lipinski definition) is 4. The Balaban J connectivity index is 1.68. The molecule has 0 aliphatic rings. The van der Waals surface area contributed by atoms with E-state index in [0.29, 0.717) is 28.6 Å². The largest absolute Gasteiger partial charge is 0.441 e. The quantitative estimate of drug-likeness (QED) is 0.700. The average Bonchev–Trinajstić information content (AvgIpc) is 3.02. The maximum Gasteiger partial charge on any atom is 0.248 e. The Morgan fingerprint density at radius 3 is 2.33 bits per heavy atom. The lowest BCUT2D eigenvalue weighted by molar-refractivity contribution is -0.115. The van der Waals surface area contributed by atoms with E-state index in [1.54, 1.807) is 31.2 Å². The van der Waals surface area contributed by atoms with Gasteiger partial charge in [0.25, 0.3) is 0 Å². The highest BCUT2D eigenvalue weighted by Crippen LogP contribution is 2.23. The number of nitrogens with two attached hydrogens (primary N) is 1. The zero-order valence-corrected chi connectivity index (χ0v) is 15.3. The lowest BCUT2D eigenvalue weighted by atomic mass is 10.1. The van der Waals surface area contributed by atoms with Crippen LogP contribution in [0.2, 0.25) is 0 Å². The number of primary amides is 1. The van der Waals surface area contributed by atoms with Gasteiger partial charge in [-0.3, -0.25) is 9.59 Å². The maximum atomic E-state index is 12.3. The van der Waals surface area contributed by atoms with E-state index in [1.165, 1.54) is 5.56 Å². The number of oxazole rings is 1. The number of benzene rings is 2. The smallest absolute Gasteiger partial charge is 0.248 e. The Bertz CT molecular complexity index is 957. The first kappa shape index (κ1) is 18.4. The first-order valence-electron chi connectivity index (χ1n) is 8.71. The number of hydrogen-bond donors (Lipinski definition) is 2. The third-order valence-electron chi connectivity index (χ3n) is 4.28. The SMILES string of the molecule is CCc1ccc(-c2nc(CC(=O)Nc3ccc(C(N)=O)cc3)c(C)o2)cc1. The van der Waals surface area contributed by atoms with Gasteiger partial charge in [-0.15, -0.1) is 0 Å². The van der Waals surface area contributed by atoms with Crippen LogP contribution in [0.25, 0.3) is 11.5 Å². The summed E-state index contributed by atoms with van der Waals surface area (Å²) in [6, 6.07) is 14.4. The molecule has 0 radical (unpaired) electrons. The molecule has 0 fully saturated rings. The molecule has 1 heterocycles. The Morgan fingerprint density at radius 2 is 1.74 bits per heavy atom. The van der Waals surface area contributed by atoms with Crippen molar-refractivity contribution < 1.29 is 14.0 Å². The fourth-order valence-corrected chi connectivity index (χ4v) is 2.67. The zero-order valence-electron chi connectivity index (χ0n) is 15.3. The predicted molar refractivity (Wildman–Crippen MR) is 103 cm³/mol. The molecular formula is C21H21N3O3. The van der Waals surface area contributed by atoms with Crippen LogP contribution in [0.3, 0.4) is 0 Å². The summed E-state index contributed by atoms with van der Waals surface area (Å²) in [5.41, 5.74) is 8.89. The van der Waals surface area contributed by atoms with Gasteiger partial charge in [0.15, 0.2) is 0 Å². The summed E-state index contributed by atoms with van der Waals surface area (Å²) in [5.74, 6) is 0.393. The second-order valence-corrected chi connectivity index (χ2v) is 6.24. The van der Waals surface area contributed by atoms with Crippen LogP contribution in [0.1, 0.15) is 34.3 Å². The van der Waals surface area contributed by atoms with E-state index in [0.717, 1.165) is 12.0 Å². The molecule has 0 aliphatic carbocycles. The van der Waals surface area contributed by atoms with Crippen LogP contribution in [-0.2, 0) is 17.6 Å². The van der Waals surface area contributed by atoms with Crippen molar-refractivity contribution in [2.45, 2.75) is 26.7 Å². The Kier molecular flexibility index (Phi) is 5.35. The van der Waals surface area contributed by atoms with Crippen molar-refractivity contribution in [3.05, 3.63) is 71.1 Å². The number of carbonyl (C=O) groups excluding carboxylic acids is 2. The molecule has 0 atom stereocenters. The van der Waals surface area contributed by atoms with E-state index in [2.05, 4.69) is 17.2 Å². The molecule has 0 aliphatic heterocycles. The number of nitrogens with one attached hydrogen (secondary N) is 1. The van der Waals surface area contributed by atoms with Gasteiger partial charge in [-0.2, -0.15) is 0 Å². The van der Waals surface area contributed by atoms with Crippen LogP contribution in [0.5, 0.6) is 0 Å². The molecule has 138 valence electrons. The van der Waals surface area contributed by atoms with Gasteiger partial charge in [0.1, 0.15) is 5.76 Å². The van der Waals surface area contributed by atoms with Gasteiger partial charge in [-0.1, -0.05) is 19.1 Å². The summed E-state index contributed by atoms with van der Waals surface area (Å²) in [6.07, 6.45) is 1.07. The summed E-state index contributed by atoms with van der Waals surface area (Å²) in [5, 5.41) is 2.78. The molecule has 3 N–H and O–H groups in total. The molecule has 0 saturated heterocycles. The van der Waals surface area contributed by atoms with Crippen LogP contribution in [0, 0.1) is 6.92 Å². The summed E-state index contributed by atoms with van der Waals surface area (Å²) in [6.45, 7) is 3.89. The van der Waals surface area contributed by atoms with E-state index >= 15 is 0 Å². The molecule has 3 aromatic rings. The molecule has 2 amide bonds. The molecule has 2 aromatic carbocycles. The van der Waals surface area contributed by atoms with E-state index in [1.807, 2.05) is 24.3 Å². The molecule has 0 bridgehead atoms. The van der Waals surface area contributed by atoms with Crippen LogP contribution < -0.4 is 11.1 Å². The normalized spacial score (nSPS) is 10.6. The van der Waals surface area contributed by atoms with Gasteiger partial charge in [0, 0.05) is 16.8 Å². The van der Waals surface area contributed by atoms with Crippen molar-refractivity contribution >= 4 is 17.5 Å². The average molecular weight is 363 g/mol. The van der Waals surface area contributed by atoms with Gasteiger partial charge in [0.2, 0.25) is 17.7 Å². The second-order valence-electron chi connectivity index (χ2n) is 6.24. The summed E-state index contributed by atoms with van der Waals surface area (Å²) in [4.78, 5) is 27.8. The Morgan fingerprint density at radius 1 is 1.07 bits per heavy atom. The van der Waals surface area contributed by atoms with Crippen LogP contribution >= 0.6 is 0 Å². The number of anilines is 1. The van der Waals surface area contributed by atoms with Crippen molar-refractivity contribution in [3.63, 3.8) is 0 Å². The number of carbonyl (C=O) groups is 2. The van der Waals surface area contributed by atoms with E-state index in [-0.39, 0.29) is 12.3 Å². The topological polar surface area (TPSA) is 98.2 Å². The van der Waals surface area contributed by atoms with Gasteiger partial charge >= 0.3 is 0 Å². The Labute approximate surface area is 157 Å². The zero-order chi connectivity index (χ0) is 19.4.